The molecule has 4 heteroatoms. The van der Waals surface area contributed by atoms with Gasteiger partial charge in [0.2, 0.25) is 5.91 Å². The molecule has 0 aliphatic carbocycles. The number of nitrogens with one attached hydrogen (secondary N) is 2. The normalized spacial score (nSPS) is 10.3. The SMILES string of the molecule is CCc1ccccc1NC(=O)CCNCc1cccnc1. The van der Waals surface area contributed by atoms with Crippen LogP contribution in [0.5, 0.6) is 0 Å². The molecule has 0 saturated carbocycles. The lowest BCUT2D eigenvalue weighted by atomic mass is 10.1. The molecule has 21 heavy (non-hydrogen) atoms. The minimum Gasteiger partial charge on any atom is -0.326 e. The fraction of sp³-hybridized carbons (Fsp3) is 0.294. The summed E-state index contributed by atoms with van der Waals surface area (Å²) in [5, 5.41) is 6.21. The van der Waals surface area contributed by atoms with Gasteiger partial charge in [-0.25, -0.2) is 0 Å². The van der Waals surface area contributed by atoms with Crippen molar-refractivity contribution >= 4 is 11.6 Å². The molecule has 0 aliphatic rings. The van der Waals surface area contributed by atoms with E-state index in [0.29, 0.717) is 13.0 Å². The van der Waals surface area contributed by atoms with Crippen molar-refractivity contribution in [1.29, 1.82) is 0 Å². The van der Waals surface area contributed by atoms with Crippen LogP contribution in [-0.2, 0) is 17.8 Å². The molecule has 0 spiro atoms. The van der Waals surface area contributed by atoms with Gasteiger partial charge in [-0.1, -0.05) is 31.2 Å². The number of carbonyl (C=O) groups excluding carboxylic acids is 1. The number of hydrogen-bond acceptors (Lipinski definition) is 3. The molecule has 0 saturated heterocycles. The number of aryl methyl sites for hydroxylation is 1. The van der Waals surface area contributed by atoms with E-state index in [9.17, 15) is 4.79 Å². The third kappa shape index (κ3) is 5.00. The highest BCUT2D eigenvalue weighted by atomic mass is 16.1. The third-order valence-electron chi connectivity index (χ3n) is 3.25. The van der Waals surface area contributed by atoms with Gasteiger partial charge in [-0.05, 0) is 29.7 Å². The molecule has 2 aromatic rings. The number of rotatable bonds is 7. The summed E-state index contributed by atoms with van der Waals surface area (Å²) in [6.45, 7) is 3.46. The van der Waals surface area contributed by atoms with Crippen molar-refractivity contribution in [2.75, 3.05) is 11.9 Å². The van der Waals surface area contributed by atoms with Gasteiger partial charge in [-0.2, -0.15) is 0 Å². The van der Waals surface area contributed by atoms with Crippen LogP contribution in [0, 0.1) is 0 Å². The second kappa shape index (κ2) is 8.17. The first kappa shape index (κ1) is 15.2. The zero-order chi connectivity index (χ0) is 14.9. The van der Waals surface area contributed by atoms with Crippen LogP contribution in [0.15, 0.2) is 48.8 Å². The number of carbonyl (C=O) groups is 1. The second-order valence-corrected chi connectivity index (χ2v) is 4.85. The van der Waals surface area contributed by atoms with Crippen molar-refractivity contribution in [3.8, 4) is 0 Å². The van der Waals surface area contributed by atoms with E-state index in [2.05, 4.69) is 22.5 Å². The van der Waals surface area contributed by atoms with Crippen LogP contribution < -0.4 is 10.6 Å². The Morgan fingerprint density at radius 2 is 2.05 bits per heavy atom. The minimum atomic E-state index is 0.0367. The van der Waals surface area contributed by atoms with Gasteiger partial charge < -0.3 is 10.6 Å². The van der Waals surface area contributed by atoms with Gasteiger partial charge in [0.25, 0.3) is 0 Å². The molecule has 0 radical (unpaired) electrons. The molecule has 4 nitrogen and oxygen atoms in total. The average molecular weight is 283 g/mol. The number of para-hydroxylation sites is 1. The van der Waals surface area contributed by atoms with Gasteiger partial charge >= 0.3 is 0 Å². The predicted molar refractivity (Wildman–Crippen MR) is 85.0 cm³/mol. The Morgan fingerprint density at radius 1 is 1.19 bits per heavy atom. The number of benzene rings is 1. The van der Waals surface area contributed by atoms with E-state index < -0.39 is 0 Å². The van der Waals surface area contributed by atoms with Gasteiger partial charge in [0.15, 0.2) is 0 Å². The van der Waals surface area contributed by atoms with Gasteiger partial charge in [-0.15, -0.1) is 0 Å². The molecule has 1 aromatic carbocycles. The summed E-state index contributed by atoms with van der Waals surface area (Å²) in [6.07, 6.45) is 4.95. The standard InChI is InChI=1S/C17H21N3O/c1-2-15-7-3-4-8-16(15)20-17(21)9-11-19-13-14-6-5-10-18-12-14/h3-8,10,12,19H,2,9,11,13H2,1H3,(H,20,21). The molecule has 2 N–H and O–H groups in total. The van der Waals surface area contributed by atoms with E-state index in [-0.39, 0.29) is 5.91 Å². The van der Waals surface area contributed by atoms with E-state index >= 15 is 0 Å². The highest BCUT2D eigenvalue weighted by Gasteiger charge is 2.05. The van der Waals surface area contributed by atoms with Crippen LogP contribution in [0.4, 0.5) is 5.69 Å². The number of nitrogens with zero attached hydrogens (tertiary/aromatic N) is 1. The molecule has 1 heterocycles. The maximum atomic E-state index is 11.9. The Morgan fingerprint density at radius 3 is 2.81 bits per heavy atom. The molecule has 1 aromatic heterocycles. The van der Waals surface area contributed by atoms with Crippen molar-refractivity contribution < 1.29 is 4.79 Å². The Bertz CT molecular complexity index is 569. The molecule has 2 rings (SSSR count). The van der Waals surface area contributed by atoms with Gasteiger partial charge in [0, 0.05) is 37.6 Å². The first-order valence-corrected chi connectivity index (χ1v) is 7.27. The van der Waals surface area contributed by atoms with Crippen LogP contribution in [0.1, 0.15) is 24.5 Å². The zero-order valence-corrected chi connectivity index (χ0v) is 12.3. The topological polar surface area (TPSA) is 54.0 Å². The van der Waals surface area contributed by atoms with Crippen molar-refractivity contribution in [3.05, 3.63) is 59.9 Å². The molecule has 1 amide bonds. The minimum absolute atomic E-state index is 0.0367. The summed E-state index contributed by atoms with van der Waals surface area (Å²) in [6, 6.07) is 11.8. The molecule has 0 atom stereocenters. The molecular formula is C17H21N3O. The van der Waals surface area contributed by atoms with E-state index in [1.54, 1.807) is 6.20 Å². The smallest absolute Gasteiger partial charge is 0.225 e. The summed E-state index contributed by atoms with van der Waals surface area (Å²) in [5.41, 5.74) is 3.20. The monoisotopic (exact) mass is 283 g/mol. The number of anilines is 1. The summed E-state index contributed by atoms with van der Waals surface area (Å²) in [5.74, 6) is 0.0367. The first-order chi connectivity index (χ1) is 10.3. The summed E-state index contributed by atoms with van der Waals surface area (Å²) in [7, 11) is 0. The number of aromatic nitrogens is 1. The fourth-order valence-corrected chi connectivity index (χ4v) is 2.10. The van der Waals surface area contributed by atoms with Crippen LogP contribution in [0.25, 0.3) is 0 Å². The van der Waals surface area contributed by atoms with E-state index in [1.165, 1.54) is 0 Å². The Balaban J connectivity index is 1.72. The number of pyridine rings is 1. The Kier molecular flexibility index (Phi) is 5.91. The quantitative estimate of drug-likeness (QED) is 0.768. The average Bonchev–Trinajstić information content (AvgIpc) is 2.53. The van der Waals surface area contributed by atoms with Crippen LogP contribution in [0.2, 0.25) is 0 Å². The van der Waals surface area contributed by atoms with Crippen LogP contribution in [-0.4, -0.2) is 17.4 Å². The highest BCUT2D eigenvalue weighted by molar-refractivity contribution is 5.91. The van der Waals surface area contributed by atoms with Crippen molar-refractivity contribution in [1.82, 2.24) is 10.3 Å². The number of amides is 1. The molecular weight excluding hydrogens is 262 g/mol. The lowest BCUT2D eigenvalue weighted by Crippen LogP contribution is -2.21. The van der Waals surface area contributed by atoms with Crippen LogP contribution >= 0.6 is 0 Å². The highest BCUT2D eigenvalue weighted by Crippen LogP contribution is 2.15. The van der Waals surface area contributed by atoms with Gasteiger partial charge in [0.1, 0.15) is 0 Å². The maximum absolute atomic E-state index is 11.9. The fourth-order valence-electron chi connectivity index (χ4n) is 2.10. The zero-order valence-electron chi connectivity index (χ0n) is 12.3. The van der Waals surface area contributed by atoms with E-state index in [0.717, 1.165) is 29.8 Å². The van der Waals surface area contributed by atoms with Crippen molar-refractivity contribution in [3.63, 3.8) is 0 Å². The summed E-state index contributed by atoms with van der Waals surface area (Å²) in [4.78, 5) is 16.0. The number of hydrogen-bond donors (Lipinski definition) is 2. The van der Waals surface area contributed by atoms with E-state index in [1.807, 2.05) is 42.6 Å². The maximum Gasteiger partial charge on any atom is 0.225 e. The molecule has 0 bridgehead atoms. The molecule has 0 unspecified atom stereocenters. The molecule has 110 valence electrons. The molecule has 0 fully saturated rings. The van der Waals surface area contributed by atoms with Crippen LogP contribution in [0.3, 0.4) is 0 Å². The largest absolute Gasteiger partial charge is 0.326 e. The second-order valence-electron chi connectivity index (χ2n) is 4.85. The van der Waals surface area contributed by atoms with Gasteiger partial charge in [-0.3, -0.25) is 9.78 Å². The first-order valence-electron chi connectivity index (χ1n) is 7.27. The summed E-state index contributed by atoms with van der Waals surface area (Å²) >= 11 is 0. The van der Waals surface area contributed by atoms with E-state index in [4.69, 9.17) is 0 Å². The lowest BCUT2D eigenvalue weighted by molar-refractivity contribution is -0.116. The van der Waals surface area contributed by atoms with Crippen molar-refractivity contribution in [2.24, 2.45) is 0 Å². The van der Waals surface area contributed by atoms with Gasteiger partial charge in [0.05, 0.1) is 0 Å². The summed E-state index contributed by atoms with van der Waals surface area (Å²) < 4.78 is 0. The lowest BCUT2D eigenvalue weighted by Gasteiger charge is -2.10. The third-order valence-corrected chi connectivity index (χ3v) is 3.25. The Hall–Kier alpha value is -2.20. The predicted octanol–water partition coefficient (Wildman–Crippen LogP) is 2.76. The Labute approximate surface area is 125 Å². The molecule has 0 aliphatic heterocycles. The van der Waals surface area contributed by atoms with Crippen molar-refractivity contribution in [2.45, 2.75) is 26.3 Å².